The van der Waals surface area contributed by atoms with Crippen LogP contribution in [-0.4, -0.2) is 23.2 Å². The molecule has 10 heteroatoms. The minimum atomic E-state index is -1.14. The van der Waals surface area contributed by atoms with Gasteiger partial charge in [-0.15, -0.1) is 23.2 Å². The van der Waals surface area contributed by atoms with E-state index in [1.807, 2.05) is 5.32 Å². The summed E-state index contributed by atoms with van der Waals surface area (Å²) in [6.07, 6.45) is 0.275. The molecule has 0 radical (unpaired) electrons. The van der Waals surface area contributed by atoms with E-state index in [2.05, 4.69) is 10.6 Å². The molecule has 1 saturated carbocycles. The summed E-state index contributed by atoms with van der Waals surface area (Å²) in [5, 5.41) is 6.99. The third-order valence-electron chi connectivity index (χ3n) is 4.22. The molecule has 3 N–H and O–H groups in total. The number of anilines is 3. The number of carbonyl (C=O) groups is 2. The van der Waals surface area contributed by atoms with Crippen molar-refractivity contribution in [1.29, 1.82) is 0 Å². The van der Waals surface area contributed by atoms with Gasteiger partial charge in [0, 0.05) is 12.7 Å². The van der Waals surface area contributed by atoms with Crippen molar-refractivity contribution in [3.05, 3.63) is 53.3 Å². The Kier molecular flexibility index (Phi) is 5.45. The van der Waals surface area contributed by atoms with Crippen LogP contribution in [0.5, 0.6) is 0 Å². The highest BCUT2D eigenvalue weighted by molar-refractivity contribution is 6.52. The standard InChI is InChI=1S/C18H14Cl2F3N3O2/c1-24-13-5-4-12(22)15(14(13)23)26-16(27)9-6-8(2-3-11(9)21)25-17(28)10-7-18(10,19)20/h2-6,10,24H,7H2,1H3,(H,25,28)(H,26,27)/t10-/m1/s1. The van der Waals surface area contributed by atoms with E-state index in [9.17, 15) is 22.8 Å². The van der Waals surface area contributed by atoms with Gasteiger partial charge in [-0.1, -0.05) is 0 Å². The van der Waals surface area contributed by atoms with E-state index in [0.29, 0.717) is 0 Å². The van der Waals surface area contributed by atoms with E-state index in [4.69, 9.17) is 23.2 Å². The van der Waals surface area contributed by atoms with Gasteiger partial charge in [0.2, 0.25) is 5.91 Å². The van der Waals surface area contributed by atoms with Crippen molar-refractivity contribution in [3.63, 3.8) is 0 Å². The number of rotatable bonds is 5. The monoisotopic (exact) mass is 431 g/mol. The quantitative estimate of drug-likeness (QED) is 0.609. The summed E-state index contributed by atoms with van der Waals surface area (Å²) >= 11 is 11.6. The molecule has 28 heavy (non-hydrogen) atoms. The molecule has 2 amide bonds. The molecule has 0 unspecified atom stereocenters. The first-order valence-corrected chi connectivity index (χ1v) is 8.85. The average molecular weight is 432 g/mol. The van der Waals surface area contributed by atoms with Crippen LogP contribution >= 0.6 is 23.2 Å². The minimum Gasteiger partial charge on any atom is -0.386 e. The van der Waals surface area contributed by atoms with Crippen LogP contribution in [0.1, 0.15) is 16.8 Å². The highest BCUT2D eigenvalue weighted by Gasteiger charge is 2.56. The number of hydrogen-bond acceptors (Lipinski definition) is 3. The Morgan fingerprint density at radius 2 is 1.71 bits per heavy atom. The van der Waals surface area contributed by atoms with Crippen molar-refractivity contribution in [2.24, 2.45) is 5.92 Å². The van der Waals surface area contributed by atoms with E-state index in [-0.39, 0.29) is 17.8 Å². The van der Waals surface area contributed by atoms with Crippen LogP contribution in [0.3, 0.4) is 0 Å². The Balaban J connectivity index is 1.82. The summed E-state index contributed by atoms with van der Waals surface area (Å²) in [5.41, 5.74) is -1.17. The van der Waals surface area contributed by atoms with Crippen molar-refractivity contribution in [2.45, 2.75) is 10.8 Å². The van der Waals surface area contributed by atoms with Crippen LogP contribution in [0.2, 0.25) is 0 Å². The molecule has 1 atom stereocenters. The predicted molar refractivity (Wildman–Crippen MR) is 101 cm³/mol. The van der Waals surface area contributed by atoms with Gasteiger partial charge in [-0.2, -0.15) is 0 Å². The van der Waals surface area contributed by atoms with Crippen LogP contribution in [0.25, 0.3) is 0 Å². The summed E-state index contributed by atoms with van der Waals surface area (Å²) in [4.78, 5) is 24.4. The molecule has 5 nitrogen and oxygen atoms in total. The zero-order chi connectivity index (χ0) is 20.6. The van der Waals surface area contributed by atoms with Gasteiger partial charge in [0.25, 0.3) is 5.91 Å². The maximum absolute atomic E-state index is 14.2. The van der Waals surface area contributed by atoms with Gasteiger partial charge in [0.05, 0.1) is 17.2 Å². The topological polar surface area (TPSA) is 70.2 Å². The summed E-state index contributed by atoms with van der Waals surface area (Å²) in [6.45, 7) is 0. The summed E-state index contributed by atoms with van der Waals surface area (Å²) < 4.78 is 41.1. The van der Waals surface area contributed by atoms with Gasteiger partial charge in [-0.05, 0) is 36.8 Å². The van der Waals surface area contributed by atoms with E-state index in [1.54, 1.807) is 0 Å². The van der Waals surface area contributed by atoms with Crippen molar-refractivity contribution in [3.8, 4) is 0 Å². The van der Waals surface area contributed by atoms with E-state index in [0.717, 1.165) is 24.3 Å². The molecule has 0 heterocycles. The van der Waals surface area contributed by atoms with Gasteiger partial charge < -0.3 is 16.0 Å². The minimum absolute atomic E-state index is 0.0479. The number of carbonyl (C=O) groups excluding carboxylic acids is 2. The highest BCUT2D eigenvalue weighted by Crippen LogP contribution is 2.53. The number of nitrogens with one attached hydrogen (secondary N) is 3. The molecule has 1 aliphatic carbocycles. The largest absolute Gasteiger partial charge is 0.386 e. The van der Waals surface area contributed by atoms with Gasteiger partial charge in [-0.25, -0.2) is 13.2 Å². The molecule has 0 aromatic heterocycles. The summed E-state index contributed by atoms with van der Waals surface area (Å²) in [7, 11) is 1.42. The molecular formula is C18H14Cl2F3N3O2. The number of halogens is 5. The Morgan fingerprint density at radius 3 is 2.32 bits per heavy atom. The number of benzene rings is 2. The Morgan fingerprint density at radius 1 is 1.07 bits per heavy atom. The fourth-order valence-corrected chi connectivity index (χ4v) is 3.05. The zero-order valence-electron chi connectivity index (χ0n) is 14.4. The smallest absolute Gasteiger partial charge is 0.258 e. The fourth-order valence-electron chi connectivity index (χ4n) is 2.55. The highest BCUT2D eigenvalue weighted by atomic mass is 35.5. The van der Waals surface area contributed by atoms with E-state index >= 15 is 0 Å². The Bertz CT molecular complexity index is 969. The van der Waals surface area contributed by atoms with Crippen LogP contribution in [0.4, 0.5) is 30.2 Å². The SMILES string of the molecule is CNc1ccc(F)c(NC(=O)c2cc(NC(=O)[C@H]3CC3(Cl)Cl)ccc2F)c1F. The third-order valence-corrected chi connectivity index (χ3v) is 5.06. The summed E-state index contributed by atoms with van der Waals surface area (Å²) in [5.74, 6) is -5.18. The lowest BCUT2D eigenvalue weighted by molar-refractivity contribution is -0.117. The van der Waals surface area contributed by atoms with Crippen molar-refractivity contribution < 1.29 is 22.8 Å². The van der Waals surface area contributed by atoms with Gasteiger partial charge >= 0.3 is 0 Å². The Hall–Kier alpha value is -2.45. The fraction of sp³-hybridized carbons (Fsp3) is 0.222. The average Bonchev–Trinajstić information content (AvgIpc) is 3.28. The predicted octanol–water partition coefficient (Wildman–Crippen LogP) is 4.53. The van der Waals surface area contributed by atoms with Crippen LogP contribution in [-0.2, 0) is 4.79 Å². The third kappa shape index (κ3) is 4.02. The second-order valence-corrected chi connectivity index (χ2v) is 7.73. The molecule has 1 fully saturated rings. The first kappa shape index (κ1) is 20.3. The lowest BCUT2D eigenvalue weighted by Gasteiger charge is -2.12. The van der Waals surface area contributed by atoms with Crippen LogP contribution < -0.4 is 16.0 Å². The molecule has 3 rings (SSSR count). The molecule has 2 aromatic carbocycles. The summed E-state index contributed by atoms with van der Waals surface area (Å²) in [6, 6.07) is 5.34. The number of hydrogen-bond donors (Lipinski definition) is 3. The van der Waals surface area contributed by atoms with Crippen molar-refractivity contribution in [2.75, 3.05) is 23.0 Å². The number of alkyl halides is 2. The molecule has 0 saturated heterocycles. The maximum Gasteiger partial charge on any atom is 0.258 e. The first-order valence-electron chi connectivity index (χ1n) is 8.09. The lowest BCUT2D eigenvalue weighted by Crippen LogP contribution is -2.19. The van der Waals surface area contributed by atoms with Crippen LogP contribution in [0.15, 0.2) is 30.3 Å². The van der Waals surface area contributed by atoms with Crippen molar-refractivity contribution >= 4 is 52.1 Å². The molecule has 2 aromatic rings. The van der Waals surface area contributed by atoms with Crippen molar-refractivity contribution in [1.82, 2.24) is 0 Å². The van der Waals surface area contributed by atoms with Gasteiger partial charge in [0.1, 0.15) is 21.7 Å². The maximum atomic E-state index is 14.2. The van der Waals surface area contributed by atoms with Gasteiger partial charge in [-0.3, -0.25) is 9.59 Å². The second-order valence-electron chi connectivity index (χ2n) is 6.19. The zero-order valence-corrected chi connectivity index (χ0v) is 15.9. The lowest BCUT2D eigenvalue weighted by atomic mass is 10.1. The molecule has 1 aliphatic rings. The van der Waals surface area contributed by atoms with E-state index < -0.39 is 50.8 Å². The second kappa shape index (κ2) is 7.52. The molecule has 0 spiro atoms. The normalized spacial score (nSPS) is 17.0. The molecule has 148 valence electrons. The number of amides is 2. The van der Waals surface area contributed by atoms with Crippen LogP contribution in [0, 0.1) is 23.4 Å². The molecular weight excluding hydrogens is 418 g/mol. The first-order chi connectivity index (χ1) is 13.1. The molecule has 0 bridgehead atoms. The Labute approximate surface area is 168 Å². The van der Waals surface area contributed by atoms with Gasteiger partial charge in [0.15, 0.2) is 5.82 Å². The van der Waals surface area contributed by atoms with E-state index in [1.165, 1.54) is 13.1 Å². The molecule has 0 aliphatic heterocycles.